The summed E-state index contributed by atoms with van der Waals surface area (Å²) in [4.78, 5) is 11.9. The van der Waals surface area contributed by atoms with Crippen molar-refractivity contribution in [2.24, 2.45) is 0 Å². The van der Waals surface area contributed by atoms with Crippen molar-refractivity contribution in [3.8, 4) is 11.4 Å². The highest BCUT2D eigenvalue weighted by atomic mass is 19.4. The number of hydrogen-bond acceptors (Lipinski definition) is 5. The summed E-state index contributed by atoms with van der Waals surface area (Å²) in [5.41, 5.74) is -0.639. The van der Waals surface area contributed by atoms with Crippen LogP contribution in [0.5, 0.6) is 5.75 Å². The van der Waals surface area contributed by atoms with Crippen LogP contribution >= 0.6 is 0 Å². The molecule has 1 N–H and O–H groups in total. The lowest BCUT2D eigenvalue weighted by atomic mass is 10.1. The molecule has 7 nitrogen and oxygen atoms in total. The molecule has 0 bridgehead atoms. The van der Waals surface area contributed by atoms with Gasteiger partial charge < -0.3 is 10.1 Å². The molecule has 2 aromatic carbocycles. The molecule has 1 heterocycles. The lowest BCUT2D eigenvalue weighted by molar-refractivity contribution is -0.137. The second kappa shape index (κ2) is 7.21. The lowest BCUT2D eigenvalue weighted by Crippen LogP contribution is -2.22. The van der Waals surface area contributed by atoms with Crippen molar-refractivity contribution >= 4 is 11.6 Å². The molecule has 1 amide bonds. The number of tetrazole rings is 1. The van der Waals surface area contributed by atoms with E-state index in [-0.39, 0.29) is 5.69 Å². The van der Waals surface area contributed by atoms with Crippen LogP contribution in [0.15, 0.2) is 54.9 Å². The van der Waals surface area contributed by atoms with Crippen molar-refractivity contribution in [2.45, 2.75) is 6.18 Å². The van der Waals surface area contributed by atoms with Gasteiger partial charge in [-0.3, -0.25) is 4.79 Å². The monoisotopic (exact) mass is 363 g/mol. The Kier molecular flexibility index (Phi) is 4.83. The maximum atomic E-state index is 12.9. The maximum Gasteiger partial charge on any atom is 0.418 e. The number of amides is 1. The number of carbonyl (C=O) groups excluding carboxylic acids is 1. The normalized spacial score (nSPS) is 11.2. The third kappa shape index (κ3) is 4.15. The number of rotatable bonds is 5. The summed E-state index contributed by atoms with van der Waals surface area (Å²) in [5.74, 6) is -0.369. The first-order valence-corrected chi connectivity index (χ1v) is 7.36. The number of nitrogens with one attached hydrogen (secondary N) is 1. The summed E-state index contributed by atoms with van der Waals surface area (Å²) in [6.07, 6.45) is -3.18. The second-order valence-corrected chi connectivity index (χ2v) is 5.13. The Hall–Kier alpha value is -3.43. The van der Waals surface area contributed by atoms with Gasteiger partial charge in [0.1, 0.15) is 12.1 Å². The molecule has 3 aromatic rings. The Morgan fingerprint density at radius 2 is 1.96 bits per heavy atom. The largest absolute Gasteiger partial charge is 0.484 e. The molecule has 0 aliphatic rings. The SMILES string of the molecule is O=C(COc1cccc(-n2cnnn2)c1)Nc1ccccc1C(F)(F)F. The summed E-state index contributed by atoms with van der Waals surface area (Å²) in [7, 11) is 0. The zero-order valence-electron chi connectivity index (χ0n) is 13.1. The van der Waals surface area contributed by atoms with E-state index in [9.17, 15) is 18.0 Å². The van der Waals surface area contributed by atoms with Crippen molar-refractivity contribution in [1.82, 2.24) is 20.2 Å². The number of halogens is 3. The Morgan fingerprint density at radius 1 is 1.15 bits per heavy atom. The van der Waals surface area contributed by atoms with E-state index in [0.29, 0.717) is 11.4 Å². The Bertz CT molecular complexity index is 897. The van der Waals surface area contributed by atoms with Crippen molar-refractivity contribution in [1.29, 1.82) is 0 Å². The first-order chi connectivity index (χ1) is 12.4. The number of hydrogen-bond donors (Lipinski definition) is 1. The molecule has 0 fully saturated rings. The van der Waals surface area contributed by atoms with Gasteiger partial charge in [0.25, 0.3) is 5.91 Å². The predicted molar refractivity (Wildman–Crippen MR) is 84.7 cm³/mol. The molecule has 0 saturated carbocycles. The van der Waals surface area contributed by atoms with E-state index < -0.39 is 24.3 Å². The van der Waals surface area contributed by atoms with Crippen LogP contribution in [-0.4, -0.2) is 32.7 Å². The smallest absolute Gasteiger partial charge is 0.418 e. The molecule has 10 heteroatoms. The average molecular weight is 363 g/mol. The predicted octanol–water partition coefficient (Wildman–Crippen LogP) is 2.70. The molecule has 0 aliphatic carbocycles. The van der Waals surface area contributed by atoms with E-state index in [1.807, 2.05) is 0 Å². The van der Waals surface area contributed by atoms with Gasteiger partial charge >= 0.3 is 6.18 Å². The second-order valence-electron chi connectivity index (χ2n) is 5.13. The summed E-state index contributed by atoms with van der Waals surface area (Å²) < 4.78 is 45.5. The van der Waals surface area contributed by atoms with Crippen LogP contribution in [-0.2, 0) is 11.0 Å². The molecule has 0 unspecified atom stereocenters. The standard InChI is InChI=1S/C16H12F3N5O2/c17-16(18,19)13-6-1-2-7-14(13)21-15(25)9-26-12-5-3-4-11(8-12)24-10-20-22-23-24/h1-8,10H,9H2,(H,21,25). The van der Waals surface area contributed by atoms with E-state index >= 15 is 0 Å². The number of anilines is 1. The van der Waals surface area contributed by atoms with Crippen molar-refractivity contribution < 1.29 is 22.7 Å². The zero-order valence-corrected chi connectivity index (χ0v) is 13.1. The van der Waals surface area contributed by atoms with Gasteiger partial charge in [-0.25, -0.2) is 4.68 Å². The Labute approximate surface area is 145 Å². The molecule has 0 radical (unpaired) electrons. The van der Waals surface area contributed by atoms with E-state index in [4.69, 9.17) is 4.74 Å². The van der Waals surface area contributed by atoms with Gasteiger partial charge in [-0.1, -0.05) is 18.2 Å². The van der Waals surface area contributed by atoms with Gasteiger partial charge in [-0.15, -0.1) is 5.10 Å². The first kappa shape index (κ1) is 17.4. The van der Waals surface area contributed by atoms with Crippen molar-refractivity contribution in [2.75, 3.05) is 11.9 Å². The average Bonchev–Trinajstić information content (AvgIpc) is 3.14. The van der Waals surface area contributed by atoms with Crippen LogP contribution in [0.2, 0.25) is 0 Å². The lowest BCUT2D eigenvalue weighted by Gasteiger charge is -2.14. The topological polar surface area (TPSA) is 81.9 Å². The van der Waals surface area contributed by atoms with Crippen LogP contribution in [0.25, 0.3) is 5.69 Å². The number of benzene rings is 2. The van der Waals surface area contributed by atoms with E-state index in [1.165, 1.54) is 29.2 Å². The van der Waals surface area contributed by atoms with Gasteiger partial charge in [0.05, 0.1) is 16.9 Å². The van der Waals surface area contributed by atoms with E-state index in [0.717, 1.165) is 6.07 Å². The van der Waals surface area contributed by atoms with Crippen LogP contribution in [0.1, 0.15) is 5.56 Å². The fourth-order valence-corrected chi connectivity index (χ4v) is 2.17. The molecule has 0 spiro atoms. The summed E-state index contributed by atoms with van der Waals surface area (Å²) in [5, 5.41) is 13.0. The number of carbonyl (C=O) groups is 1. The molecule has 0 saturated heterocycles. The number of ether oxygens (including phenoxy) is 1. The molecule has 134 valence electrons. The minimum absolute atomic E-state index is 0.323. The molecule has 0 aliphatic heterocycles. The quantitative estimate of drug-likeness (QED) is 0.754. The third-order valence-corrected chi connectivity index (χ3v) is 3.31. The minimum Gasteiger partial charge on any atom is -0.484 e. The van der Waals surface area contributed by atoms with Crippen molar-refractivity contribution in [3.05, 3.63) is 60.4 Å². The van der Waals surface area contributed by atoms with Gasteiger partial charge in [0, 0.05) is 6.07 Å². The Balaban J connectivity index is 1.65. The zero-order chi connectivity index (χ0) is 18.6. The molecular formula is C16H12F3N5O2. The highest BCUT2D eigenvalue weighted by molar-refractivity contribution is 5.92. The molecule has 1 aromatic heterocycles. The minimum atomic E-state index is -4.56. The van der Waals surface area contributed by atoms with Gasteiger partial charge in [0.15, 0.2) is 6.61 Å². The van der Waals surface area contributed by atoms with Gasteiger partial charge in [-0.2, -0.15) is 13.2 Å². The van der Waals surface area contributed by atoms with E-state index in [2.05, 4.69) is 20.8 Å². The van der Waals surface area contributed by atoms with Gasteiger partial charge in [0.2, 0.25) is 0 Å². The highest BCUT2D eigenvalue weighted by Gasteiger charge is 2.33. The molecular weight excluding hydrogens is 351 g/mol. The third-order valence-electron chi connectivity index (χ3n) is 3.31. The maximum absolute atomic E-state index is 12.9. The number of alkyl halides is 3. The molecule has 0 atom stereocenters. The van der Waals surface area contributed by atoms with E-state index in [1.54, 1.807) is 24.3 Å². The number of para-hydroxylation sites is 1. The Morgan fingerprint density at radius 3 is 2.69 bits per heavy atom. The fourth-order valence-electron chi connectivity index (χ4n) is 2.17. The van der Waals surface area contributed by atoms with Gasteiger partial charge in [-0.05, 0) is 34.7 Å². The summed E-state index contributed by atoms with van der Waals surface area (Å²) >= 11 is 0. The number of nitrogens with zero attached hydrogens (tertiary/aromatic N) is 4. The van der Waals surface area contributed by atoms with Crippen LogP contribution in [0.4, 0.5) is 18.9 Å². The van der Waals surface area contributed by atoms with Crippen LogP contribution < -0.4 is 10.1 Å². The number of aromatic nitrogens is 4. The van der Waals surface area contributed by atoms with Crippen molar-refractivity contribution in [3.63, 3.8) is 0 Å². The molecule has 3 rings (SSSR count). The summed E-state index contributed by atoms with van der Waals surface area (Å²) in [6.45, 7) is -0.453. The fraction of sp³-hybridized carbons (Fsp3) is 0.125. The first-order valence-electron chi connectivity index (χ1n) is 7.36. The molecule has 26 heavy (non-hydrogen) atoms. The van der Waals surface area contributed by atoms with Crippen LogP contribution in [0, 0.1) is 0 Å². The summed E-state index contributed by atoms with van der Waals surface area (Å²) in [6, 6.07) is 11.3. The van der Waals surface area contributed by atoms with Crippen LogP contribution in [0.3, 0.4) is 0 Å². The highest BCUT2D eigenvalue weighted by Crippen LogP contribution is 2.34.